The lowest BCUT2D eigenvalue weighted by Crippen LogP contribution is -2.14. The van der Waals surface area contributed by atoms with Crippen molar-refractivity contribution in [3.8, 4) is 0 Å². The molecule has 0 amide bonds. The van der Waals surface area contributed by atoms with E-state index in [9.17, 15) is 13.2 Å². The van der Waals surface area contributed by atoms with Crippen LogP contribution in [0.3, 0.4) is 0 Å². The zero-order valence-electron chi connectivity index (χ0n) is 10.1. The minimum atomic E-state index is -0.883. The molecule has 0 aliphatic carbocycles. The van der Waals surface area contributed by atoms with Crippen molar-refractivity contribution in [3.05, 3.63) is 69.5 Å². The highest BCUT2D eigenvalue weighted by atomic mass is 35.5. The number of benzene rings is 2. The van der Waals surface area contributed by atoms with Gasteiger partial charge in [-0.15, -0.1) is 0 Å². The predicted molar refractivity (Wildman–Crippen MR) is 68.5 cm³/mol. The molecule has 1 nitrogen and oxygen atoms in total. The van der Waals surface area contributed by atoms with Crippen LogP contribution in [0, 0.1) is 24.4 Å². The van der Waals surface area contributed by atoms with E-state index < -0.39 is 23.5 Å². The minimum Gasteiger partial charge on any atom is -0.320 e. The number of hydrogen-bond acceptors (Lipinski definition) is 1. The summed E-state index contributed by atoms with van der Waals surface area (Å²) in [5.41, 5.74) is 6.64. The topological polar surface area (TPSA) is 26.0 Å². The molecule has 2 aromatic carbocycles. The first-order chi connectivity index (χ1) is 8.90. The summed E-state index contributed by atoms with van der Waals surface area (Å²) in [6, 6.07) is 5.21. The Morgan fingerprint density at radius 1 is 1.00 bits per heavy atom. The first-order valence-corrected chi connectivity index (χ1v) is 5.94. The van der Waals surface area contributed by atoms with Crippen molar-refractivity contribution in [3.63, 3.8) is 0 Å². The van der Waals surface area contributed by atoms with Gasteiger partial charge in [0.25, 0.3) is 0 Å². The van der Waals surface area contributed by atoms with Gasteiger partial charge in [0, 0.05) is 11.6 Å². The molecular weight excluding hydrogens is 275 g/mol. The van der Waals surface area contributed by atoms with Crippen LogP contribution in [0.1, 0.15) is 22.7 Å². The van der Waals surface area contributed by atoms with Crippen molar-refractivity contribution in [2.45, 2.75) is 13.0 Å². The average molecular weight is 286 g/mol. The Balaban J connectivity index is 2.46. The molecule has 100 valence electrons. The van der Waals surface area contributed by atoms with Crippen molar-refractivity contribution < 1.29 is 13.2 Å². The van der Waals surface area contributed by atoms with E-state index in [1.54, 1.807) is 0 Å². The molecular formula is C14H11ClF3N. The van der Waals surface area contributed by atoms with Crippen molar-refractivity contribution in [2.24, 2.45) is 5.73 Å². The van der Waals surface area contributed by atoms with Crippen LogP contribution in [-0.4, -0.2) is 0 Å². The van der Waals surface area contributed by atoms with Gasteiger partial charge >= 0.3 is 0 Å². The van der Waals surface area contributed by atoms with Crippen LogP contribution in [0.5, 0.6) is 0 Å². The molecule has 2 rings (SSSR count). The van der Waals surface area contributed by atoms with Crippen molar-refractivity contribution in [1.82, 2.24) is 0 Å². The van der Waals surface area contributed by atoms with Crippen LogP contribution >= 0.6 is 11.6 Å². The largest absolute Gasteiger partial charge is 0.320 e. The molecule has 0 aromatic heterocycles. The van der Waals surface area contributed by atoms with E-state index in [-0.39, 0.29) is 16.1 Å². The van der Waals surface area contributed by atoms with Crippen LogP contribution in [-0.2, 0) is 0 Å². The molecule has 0 aliphatic heterocycles. The molecule has 5 heteroatoms. The summed E-state index contributed by atoms with van der Waals surface area (Å²) < 4.78 is 40.2. The average Bonchev–Trinajstić information content (AvgIpc) is 2.36. The monoisotopic (exact) mass is 285 g/mol. The Labute approximate surface area is 113 Å². The lowest BCUT2D eigenvalue weighted by atomic mass is 9.97. The SMILES string of the molecule is Cc1cc(C(N)c2ccc(Cl)c(F)c2)c(F)cc1F. The Hall–Kier alpha value is -1.52. The van der Waals surface area contributed by atoms with Gasteiger partial charge in [0.1, 0.15) is 17.5 Å². The van der Waals surface area contributed by atoms with Gasteiger partial charge in [0.15, 0.2) is 0 Å². The summed E-state index contributed by atoms with van der Waals surface area (Å²) in [4.78, 5) is 0. The summed E-state index contributed by atoms with van der Waals surface area (Å²) in [5.74, 6) is -2.03. The zero-order chi connectivity index (χ0) is 14.2. The molecule has 0 heterocycles. The Morgan fingerprint density at radius 3 is 2.32 bits per heavy atom. The quantitative estimate of drug-likeness (QED) is 0.883. The lowest BCUT2D eigenvalue weighted by molar-refractivity contribution is 0.560. The smallest absolute Gasteiger partial charge is 0.142 e. The highest BCUT2D eigenvalue weighted by molar-refractivity contribution is 6.30. The number of halogens is 4. The standard InChI is InChI=1S/C14H11ClF3N/c1-7-4-9(12(17)6-11(7)16)14(19)8-2-3-10(15)13(18)5-8/h2-6,14H,19H2,1H3. The van der Waals surface area contributed by atoms with Crippen molar-refractivity contribution in [2.75, 3.05) is 0 Å². The molecule has 0 aliphatic rings. The van der Waals surface area contributed by atoms with Crippen LogP contribution in [0.25, 0.3) is 0 Å². The molecule has 0 saturated heterocycles. The first kappa shape index (κ1) is 13.9. The highest BCUT2D eigenvalue weighted by Gasteiger charge is 2.17. The Morgan fingerprint density at radius 2 is 1.68 bits per heavy atom. The fourth-order valence-electron chi connectivity index (χ4n) is 1.80. The zero-order valence-corrected chi connectivity index (χ0v) is 10.8. The molecule has 0 saturated carbocycles. The van der Waals surface area contributed by atoms with Crippen LogP contribution in [0.15, 0.2) is 30.3 Å². The lowest BCUT2D eigenvalue weighted by Gasteiger charge is -2.15. The van der Waals surface area contributed by atoms with Gasteiger partial charge < -0.3 is 5.73 Å². The highest BCUT2D eigenvalue weighted by Crippen LogP contribution is 2.26. The molecule has 1 atom stereocenters. The first-order valence-electron chi connectivity index (χ1n) is 5.56. The molecule has 1 unspecified atom stereocenters. The fraction of sp³-hybridized carbons (Fsp3) is 0.143. The molecule has 2 aromatic rings. The van der Waals surface area contributed by atoms with E-state index in [1.807, 2.05) is 0 Å². The molecule has 0 spiro atoms. The summed E-state index contributed by atoms with van der Waals surface area (Å²) >= 11 is 5.57. The van der Waals surface area contributed by atoms with Crippen LogP contribution in [0.4, 0.5) is 13.2 Å². The van der Waals surface area contributed by atoms with Gasteiger partial charge in [-0.3, -0.25) is 0 Å². The van der Waals surface area contributed by atoms with Crippen molar-refractivity contribution >= 4 is 11.6 Å². The van der Waals surface area contributed by atoms with Gasteiger partial charge in [0.2, 0.25) is 0 Å². The maximum Gasteiger partial charge on any atom is 0.142 e. The molecule has 19 heavy (non-hydrogen) atoms. The third kappa shape index (κ3) is 2.74. The molecule has 2 N–H and O–H groups in total. The summed E-state index contributed by atoms with van der Waals surface area (Å²) in [6.07, 6.45) is 0. The van der Waals surface area contributed by atoms with Crippen LogP contribution in [0.2, 0.25) is 5.02 Å². The van der Waals surface area contributed by atoms with E-state index in [1.165, 1.54) is 25.1 Å². The third-order valence-electron chi connectivity index (χ3n) is 2.92. The molecule has 0 bridgehead atoms. The number of hydrogen-bond donors (Lipinski definition) is 1. The third-order valence-corrected chi connectivity index (χ3v) is 3.22. The van der Waals surface area contributed by atoms with Crippen LogP contribution < -0.4 is 5.73 Å². The van der Waals surface area contributed by atoms with E-state index in [2.05, 4.69) is 0 Å². The second-order valence-corrected chi connectivity index (χ2v) is 4.68. The number of aryl methyl sites for hydroxylation is 1. The van der Waals surface area contributed by atoms with Gasteiger partial charge in [-0.05, 0) is 36.2 Å². The minimum absolute atomic E-state index is 0.0355. The van der Waals surface area contributed by atoms with Crippen molar-refractivity contribution in [1.29, 1.82) is 0 Å². The second kappa shape index (κ2) is 5.23. The normalized spacial score (nSPS) is 12.5. The Kier molecular flexibility index (Phi) is 3.83. The van der Waals surface area contributed by atoms with Gasteiger partial charge in [-0.25, -0.2) is 13.2 Å². The Bertz CT molecular complexity index is 628. The summed E-state index contributed by atoms with van der Waals surface area (Å²) in [7, 11) is 0. The number of nitrogens with two attached hydrogens (primary N) is 1. The van der Waals surface area contributed by atoms with E-state index in [4.69, 9.17) is 17.3 Å². The number of rotatable bonds is 2. The molecule has 0 fully saturated rings. The van der Waals surface area contributed by atoms with E-state index in [0.29, 0.717) is 5.56 Å². The predicted octanol–water partition coefficient (Wildman–Crippen LogP) is 4.11. The van der Waals surface area contributed by atoms with E-state index in [0.717, 1.165) is 12.1 Å². The van der Waals surface area contributed by atoms with Gasteiger partial charge in [0.05, 0.1) is 11.1 Å². The summed E-state index contributed by atoms with van der Waals surface area (Å²) in [5, 5.41) is -0.0355. The molecule has 0 radical (unpaired) electrons. The fourth-order valence-corrected chi connectivity index (χ4v) is 1.92. The maximum atomic E-state index is 13.7. The maximum absolute atomic E-state index is 13.7. The summed E-state index contributed by atoms with van der Waals surface area (Å²) in [6.45, 7) is 1.51. The second-order valence-electron chi connectivity index (χ2n) is 4.27. The van der Waals surface area contributed by atoms with E-state index >= 15 is 0 Å². The van der Waals surface area contributed by atoms with Gasteiger partial charge in [-0.2, -0.15) is 0 Å². The van der Waals surface area contributed by atoms with Gasteiger partial charge in [-0.1, -0.05) is 17.7 Å².